The van der Waals surface area contributed by atoms with Crippen LogP contribution in [0.4, 0.5) is 4.39 Å². The first-order valence-corrected chi connectivity index (χ1v) is 7.09. The molecule has 3 heteroatoms. The molecule has 2 N–H and O–H groups in total. The average Bonchev–Trinajstić information content (AvgIpc) is 2.35. The molecule has 0 aliphatic heterocycles. The Bertz CT molecular complexity index is 593. The third-order valence-electron chi connectivity index (χ3n) is 3.03. The van der Waals surface area contributed by atoms with Gasteiger partial charge in [0.2, 0.25) is 0 Å². The molecule has 0 amide bonds. The summed E-state index contributed by atoms with van der Waals surface area (Å²) in [6, 6.07) is 11.0. The summed E-state index contributed by atoms with van der Waals surface area (Å²) in [5, 5.41) is 0. The van der Waals surface area contributed by atoms with Crippen LogP contribution in [0.5, 0.6) is 0 Å². The lowest BCUT2D eigenvalue weighted by atomic mass is 10.1. The van der Waals surface area contributed by atoms with Crippen molar-refractivity contribution in [2.24, 2.45) is 5.73 Å². The quantitative estimate of drug-likeness (QED) is 0.885. The van der Waals surface area contributed by atoms with Crippen LogP contribution in [0.3, 0.4) is 0 Å². The molecule has 0 spiro atoms. The van der Waals surface area contributed by atoms with Gasteiger partial charge in [-0.3, -0.25) is 0 Å². The molecule has 100 valence electrons. The van der Waals surface area contributed by atoms with E-state index in [-0.39, 0.29) is 11.9 Å². The fourth-order valence-electron chi connectivity index (χ4n) is 1.90. The minimum Gasteiger partial charge on any atom is -0.324 e. The van der Waals surface area contributed by atoms with Gasteiger partial charge in [0, 0.05) is 15.8 Å². The molecule has 1 nitrogen and oxygen atoms in total. The van der Waals surface area contributed by atoms with E-state index in [1.54, 1.807) is 17.8 Å². The molecule has 0 bridgehead atoms. The second-order valence-electron chi connectivity index (χ2n) is 4.84. The molecule has 19 heavy (non-hydrogen) atoms. The maximum Gasteiger partial charge on any atom is 0.123 e. The second kappa shape index (κ2) is 5.76. The number of hydrogen-bond donors (Lipinski definition) is 1. The fraction of sp³-hybridized carbons (Fsp3) is 0.250. The molecule has 0 radical (unpaired) electrons. The number of aryl methyl sites for hydroxylation is 2. The molecule has 0 saturated heterocycles. The van der Waals surface area contributed by atoms with Crippen LogP contribution in [-0.4, -0.2) is 0 Å². The summed E-state index contributed by atoms with van der Waals surface area (Å²) < 4.78 is 13.3. The number of halogens is 1. The maximum atomic E-state index is 13.3. The molecule has 0 saturated carbocycles. The normalized spacial score (nSPS) is 12.5. The lowest BCUT2D eigenvalue weighted by Gasteiger charge is -2.14. The second-order valence-corrected chi connectivity index (χ2v) is 5.93. The third-order valence-corrected chi connectivity index (χ3v) is 4.28. The van der Waals surface area contributed by atoms with Gasteiger partial charge in [-0.2, -0.15) is 0 Å². The van der Waals surface area contributed by atoms with Gasteiger partial charge in [-0.05, 0) is 61.7 Å². The molecular weight excluding hydrogens is 257 g/mol. The van der Waals surface area contributed by atoms with E-state index in [0.717, 1.165) is 10.5 Å². The summed E-state index contributed by atoms with van der Waals surface area (Å²) in [4.78, 5) is 2.21. The number of hydrogen-bond acceptors (Lipinski definition) is 2. The van der Waals surface area contributed by atoms with Crippen LogP contribution in [0, 0.1) is 19.7 Å². The van der Waals surface area contributed by atoms with E-state index in [9.17, 15) is 4.39 Å². The van der Waals surface area contributed by atoms with Crippen molar-refractivity contribution < 1.29 is 4.39 Å². The Balaban J connectivity index is 2.40. The fourth-order valence-corrected chi connectivity index (χ4v) is 3.11. The highest BCUT2D eigenvalue weighted by molar-refractivity contribution is 7.99. The van der Waals surface area contributed by atoms with Crippen molar-refractivity contribution in [1.29, 1.82) is 0 Å². The highest BCUT2D eigenvalue weighted by Gasteiger charge is 2.11. The molecule has 0 aliphatic carbocycles. The highest BCUT2D eigenvalue weighted by Crippen LogP contribution is 2.35. The SMILES string of the molecule is Cc1ccc(C)c(Sc2ccc(F)cc2[C@@H](C)N)c1. The highest BCUT2D eigenvalue weighted by atomic mass is 32.2. The van der Waals surface area contributed by atoms with Crippen molar-refractivity contribution in [3.05, 3.63) is 58.9 Å². The van der Waals surface area contributed by atoms with Crippen LogP contribution in [-0.2, 0) is 0 Å². The van der Waals surface area contributed by atoms with Crippen molar-refractivity contribution in [3.8, 4) is 0 Å². The van der Waals surface area contributed by atoms with Crippen LogP contribution in [0.2, 0.25) is 0 Å². The van der Waals surface area contributed by atoms with Crippen molar-refractivity contribution in [3.63, 3.8) is 0 Å². The number of benzene rings is 2. The predicted octanol–water partition coefficient (Wildman–Crippen LogP) is 4.61. The summed E-state index contributed by atoms with van der Waals surface area (Å²) in [5.74, 6) is -0.238. The Kier molecular flexibility index (Phi) is 4.27. The van der Waals surface area contributed by atoms with Gasteiger partial charge in [0.25, 0.3) is 0 Å². The molecule has 0 aromatic heterocycles. The predicted molar refractivity (Wildman–Crippen MR) is 79.0 cm³/mol. The van der Waals surface area contributed by atoms with Crippen LogP contribution in [0.25, 0.3) is 0 Å². The Hall–Kier alpha value is -1.32. The molecule has 0 heterocycles. The molecule has 2 aromatic carbocycles. The van der Waals surface area contributed by atoms with E-state index < -0.39 is 0 Å². The summed E-state index contributed by atoms with van der Waals surface area (Å²) >= 11 is 1.65. The molecular formula is C16H18FNS. The molecule has 2 aromatic rings. The van der Waals surface area contributed by atoms with Gasteiger partial charge < -0.3 is 5.73 Å². The summed E-state index contributed by atoms with van der Waals surface area (Å²) in [7, 11) is 0. The van der Waals surface area contributed by atoms with Crippen LogP contribution in [0.15, 0.2) is 46.2 Å². The monoisotopic (exact) mass is 275 g/mol. The molecule has 1 atom stereocenters. The minimum absolute atomic E-state index is 0.177. The Morgan fingerprint density at radius 1 is 1.05 bits per heavy atom. The van der Waals surface area contributed by atoms with Gasteiger partial charge >= 0.3 is 0 Å². The third kappa shape index (κ3) is 3.37. The zero-order chi connectivity index (χ0) is 14.0. The van der Waals surface area contributed by atoms with Crippen LogP contribution >= 0.6 is 11.8 Å². The molecule has 2 rings (SSSR count). The van der Waals surface area contributed by atoms with Gasteiger partial charge in [-0.1, -0.05) is 23.9 Å². The smallest absolute Gasteiger partial charge is 0.123 e. The molecule has 0 aliphatic rings. The lowest BCUT2D eigenvalue weighted by Crippen LogP contribution is -2.06. The summed E-state index contributed by atoms with van der Waals surface area (Å²) in [5.41, 5.74) is 9.22. The Morgan fingerprint density at radius 2 is 1.79 bits per heavy atom. The van der Waals surface area contributed by atoms with Gasteiger partial charge in [-0.25, -0.2) is 4.39 Å². The lowest BCUT2D eigenvalue weighted by molar-refractivity contribution is 0.619. The molecule has 0 unspecified atom stereocenters. The van der Waals surface area contributed by atoms with E-state index in [0.29, 0.717) is 0 Å². The maximum absolute atomic E-state index is 13.3. The summed E-state index contributed by atoms with van der Waals surface area (Å²) in [6.45, 7) is 6.03. The minimum atomic E-state index is -0.238. The number of rotatable bonds is 3. The van der Waals surface area contributed by atoms with Gasteiger partial charge in [0.05, 0.1) is 0 Å². The van der Waals surface area contributed by atoms with E-state index in [2.05, 4.69) is 32.0 Å². The first kappa shape index (κ1) is 14.1. The van der Waals surface area contributed by atoms with Crippen molar-refractivity contribution in [2.45, 2.75) is 36.6 Å². The zero-order valence-electron chi connectivity index (χ0n) is 11.4. The Morgan fingerprint density at radius 3 is 2.47 bits per heavy atom. The van der Waals surface area contributed by atoms with Crippen LogP contribution in [0.1, 0.15) is 29.7 Å². The molecule has 0 fully saturated rings. The van der Waals surface area contributed by atoms with Crippen molar-refractivity contribution >= 4 is 11.8 Å². The van der Waals surface area contributed by atoms with Crippen molar-refractivity contribution in [1.82, 2.24) is 0 Å². The van der Waals surface area contributed by atoms with E-state index in [1.807, 2.05) is 6.92 Å². The van der Waals surface area contributed by atoms with Gasteiger partial charge in [0.1, 0.15) is 5.82 Å². The Labute approximate surface area is 118 Å². The first-order chi connectivity index (χ1) is 8.97. The first-order valence-electron chi connectivity index (χ1n) is 6.27. The van der Waals surface area contributed by atoms with Crippen LogP contribution < -0.4 is 5.73 Å². The average molecular weight is 275 g/mol. The van der Waals surface area contributed by atoms with Gasteiger partial charge in [0.15, 0.2) is 0 Å². The standard InChI is InChI=1S/C16H18FNS/c1-10-4-5-11(2)16(8-10)19-15-7-6-13(17)9-14(15)12(3)18/h4-9,12H,18H2,1-3H3/t12-/m1/s1. The van der Waals surface area contributed by atoms with E-state index >= 15 is 0 Å². The summed E-state index contributed by atoms with van der Waals surface area (Å²) in [6.07, 6.45) is 0. The van der Waals surface area contributed by atoms with Crippen molar-refractivity contribution in [2.75, 3.05) is 0 Å². The zero-order valence-corrected chi connectivity index (χ0v) is 12.2. The van der Waals surface area contributed by atoms with Gasteiger partial charge in [-0.15, -0.1) is 0 Å². The van der Waals surface area contributed by atoms with E-state index in [4.69, 9.17) is 5.73 Å². The largest absolute Gasteiger partial charge is 0.324 e. The topological polar surface area (TPSA) is 26.0 Å². The number of nitrogens with two attached hydrogens (primary N) is 1. The van der Waals surface area contributed by atoms with E-state index in [1.165, 1.54) is 28.2 Å².